The van der Waals surface area contributed by atoms with Crippen LogP contribution in [0.3, 0.4) is 0 Å². The number of carbonyl (C=O) groups excluding carboxylic acids is 1. The molecule has 0 bridgehead atoms. The molecule has 0 aliphatic carbocycles. The third kappa shape index (κ3) is 2.62. The Balaban J connectivity index is 1.90. The summed E-state index contributed by atoms with van der Waals surface area (Å²) >= 11 is 0. The molecule has 0 amide bonds. The summed E-state index contributed by atoms with van der Waals surface area (Å²) in [6.07, 6.45) is 0. The van der Waals surface area contributed by atoms with E-state index in [0.29, 0.717) is 11.5 Å². The number of rotatable bonds is 4. The third-order valence-corrected chi connectivity index (χ3v) is 3.50. The summed E-state index contributed by atoms with van der Waals surface area (Å²) in [5.74, 6) is 0.672. The lowest BCUT2D eigenvalue weighted by Crippen LogP contribution is -2.11. The van der Waals surface area contributed by atoms with E-state index in [0.717, 1.165) is 16.7 Å². The second-order valence-corrected chi connectivity index (χ2v) is 5.04. The third-order valence-electron chi connectivity index (χ3n) is 3.50. The molecule has 4 nitrogen and oxygen atoms in total. The first kappa shape index (κ1) is 13.6. The Morgan fingerprint density at radius 1 is 1.19 bits per heavy atom. The molecule has 0 aromatic heterocycles. The van der Waals surface area contributed by atoms with Gasteiger partial charge in [-0.1, -0.05) is 29.8 Å². The van der Waals surface area contributed by atoms with Crippen molar-refractivity contribution in [2.45, 2.75) is 12.8 Å². The summed E-state index contributed by atoms with van der Waals surface area (Å²) in [5.41, 5.74) is 2.88. The molecule has 1 heterocycles. The Labute approximate surface area is 122 Å². The van der Waals surface area contributed by atoms with Crippen molar-refractivity contribution in [1.82, 2.24) is 0 Å². The number of ether oxygens (including phenoxy) is 2. The molecule has 21 heavy (non-hydrogen) atoms. The highest BCUT2D eigenvalue weighted by atomic mass is 16.5. The van der Waals surface area contributed by atoms with Crippen LogP contribution in [0, 0.1) is 6.92 Å². The monoisotopic (exact) mass is 284 g/mol. The Hall–Kier alpha value is -2.33. The van der Waals surface area contributed by atoms with Gasteiger partial charge in [0.15, 0.2) is 0 Å². The van der Waals surface area contributed by atoms with E-state index in [1.807, 2.05) is 37.3 Å². The predicted molar refractivity (Wildman–Crippen MR) is 77.7 cm³/mol. The number of hydrogen-bond donors (Lipinski definition) is 1. The molecule has 1 N–H and O–H groups in total. The fraction of sp³-hybridized carbons (Fsp3) is 0.235. The summed E-state index contributed by atoms with van der Waals surface area (Å²) in [7, 11) is 0. The molecule has 108 valence electrons. The van der Waals surface area contributed by atoms with Crippen molar-refractivity contribution in [2.24, 2.45) is 0 Å². The fourth-order valence-corrected chi connectivity index (χ4v) is 2.52. The van der Waals surface area contributed by atoms with E-state index in [1.165, 1.54) is 0 Å². The molecule has 1 aliphatic rings. The molecule has 1 atom stereocenters. The number of esters is 1. The standard InChI is InChI=1S/C17H16O4/c1-11-2-7-15-14(10-11)16(17(19)21-15)12-3-5-13(6-4-12)20-9-8-18/h2-7,10,16,18H,8-9H2,1H3. The van der Waals surface area contributed by atoms with E-state index in [9.17, 15) is 4.79 Å². The van der Waals surface area contributed by atoms with Crippen LogP contribution in [0.1, 0.15) is 22.6 Å². The summed E-state index contributed by atoms with van der Waals surface area (Å²) in [6.45, 7) is 2.22. The number of aryl methyl sites for hydroxylation is 1. The van der Waals surface area contributed by atoms with Gasteiger partial charge in [-0.05, 0) is 30.7 Å². The normalized spacial score (nSPS) is 16.5. The molecule has 0 radical (unpaired) electrons. The van der Waals surface area contributed by atoms with Crippen molar-refractivity contribution in [3.8, 4) is 11.5 Å². The fourth-order valence-electron chi connectivity index (χ4n) is 2.52. The van der Waals surface area contributed by atoms with E-state index in [2.05, 4.69) is 0 Å². The molecule has 1 aliphatic heterocycles. The lowest BCUT2D eigenvalue weighted by Gasteiger charge is -2.10. The first-order valence-electron chi connectivity index (χ1n) is 6.85. The highest BCUT2D eigenvalue weighted by Crippen LogP contribution is 2.39. The molecule has 0 saturated carbocycles. The zero-order valence-electron chi connectivity index (χ0n) is 11.7. The van der Waals surface area contributed by atoms with Gasteiger partial charge in [-0.2, -0.15) is 0 Å². The van der Waals surface area contributed by atoms with Crippen LogP contribution in [0.15, 0.2) is 42.5 Å². The first-order valence-corrected chi connectivity index (χ1v) is 6.85. The zero-order chi connectivity index (χ0) is 14.8. The van der Waals surface area contributed by atoms with Gasteiger partial charge in [-0.25, -0.2) is 0 Å². The summed E-state index contributed by atoms with van der Waals surface area (Å²) in [6, 6.07) is 13.1. The van der Waals surface area contributed by atoms with Crippen molar-refractivity contribution in [3.63, 3.8) is 0 Å². The molecule has 4 heteroatoms. The summed E-state index contributed by atoms with van der Waals surface area (Å²) in [5, 5.41) is 8.74. The molecule has 3 rings (SSSR count). The second-order valence-electron chi connectivity index (χ2n) is 5.04. The van der Waals surface area contributed by atoms with Crippen molar-refractivity contribution in [2.75, 3.05) is 13.2 Å². The maximum atomic E-state index is 12.1. The molecular formula is C17H16O4. The summed E-state index contributed by atoms with van der Waals surface area (Å²) in [4.78, 5) is 12.1. The average molecular weight is 284 g/mol. The number of aliphatic hydroxyl groups is 1. The Morgan fingerprint density at radius 2 is 1.95 bits per heavy atom. The van der Waals surface area contributed by atoms with Crippen LogP contribution in [0.25, 0.3) is 0 Å². The van der Waals surface area contributed by atoms with Gasteiger partial charge >= 0.3 is 5.97 Å². The van der Waals surface area contributed by atoms with Crippen LogP contribution >= 0.6 is 0 Å². The number of hydrogen-bond acceptors (Lipinski definition) is 4. The van der Waals surface area contributed by atoms with Gasteiger partial charge in [-0.15, -0.1) is 0 Å². The minimum absolute atomic E-state index is 0.0244. The largest absolute Gasteiger partial charge is 0.491 e. The number of carbonyl (C=O) groups is 1. The van der Waals surface area contributed by atoms with Crippen LogP contribution in [0.4, 0.5) is 0 Å². The molecule has 1 unspecified atom stereocenters. The van der Waals surface area contributed by atoms with Crippen LogP contribution < -0.4 is 9.47 Å². The lowest BCUT2D eigenvalue weighted by atomic mass is 9.92. The topological polar surface area (TPSA) is 55.8 Å². The van der Waals surface area contributed by atoms with Crippen LogP contribution in [0.2, 0.25) is 0 Å². The molecule has 0 fully saturated rings. The molecule has 2 aromatic carbocycles. The maximum absolute atomic E-state index is 12.1. The quantitative estimate of drug-likeness (QED) is 0.692. The molecule has 0 spiro atoms. The van der Waals surface area contributed by atoms with Gasteiger partial charge in [0.05, 0.1) is 6.61 Å². The Bertz CT molecular complexity index is 661. The number of fused-ring (bicyclic) bond motifs is 1. The van der Waals surface area contributed by atoms with Gasteiger partial charge in [0, 0.05) is 5.56 Å². The minimum Gasteiger partial charge on any atom is -0.491 e. The second kappa shape index (κ2) is 5.58. The van der Waals surface area contributed by atoms with E-state index < -0.39 is 0 Å². The summed E-state index contributed by atoms with van der Waals surface area (Å²) < 4.78 is 10.6. The molecule has 2 aromatic rings. The molecule has 0 saturated heterocycles. The van der Waals surface area contributed by atoms with Crippen LogP contribution in [-0.2, 0) is 4.79 Å². The van der Waals surface area contributed by atoms with Crippen molar-refractivity contribution in [1.29, 1.82) is 0 Å². The van der Waals surface area contributed by atoms with Gasteiger partial charge in [0.2, 0.25) is 0 Å². The van der Waals surface area contributed by atoms with Crippen molar-refractivity contribution in [3.05, 3.63) is 59.2 Å². The average Bonchev–Trinajstić information content (AvgIpc) is 2.81. The smallest absolute Gasteiger partial charge is 0.323 e. The highest BCUT2D eigenvalue weighted by Gasteiger charge is 2.34. The maximum Gasteiger partial charge on any atom is 0.323 e. The predicted octanol–water partition coefficient (Wildman–Crippen LogP) is 2.42. The minimum atomic E-state index is -0.383. The zero-order valence-corrected chi connectivity index (χ0v) is 11.7. The van der Waals surface area contributed by atoms with E-state index in [1.54, 1.807) is 12.1 Å². The van der Waals surface area contributed by atoms with Crippen molar-refractivity contribution < 1.29 is 19.4 Å². The van der Waals surface area contributed by atoms with E-state index in [4.69, 9.17) is 14.6 Å². The van der Waals surface area contributed by atoms with Gasteiger partial charge in [0.1, 0.15) is 24.0 Å². The van der Waals surface area contributed by atoms with Crippen LogP contribution in [-0.4, -0.2) is 24.3 Å². The van der Waals surface area contributed by atoms with Crippen LogP contribution in [0.5, 0.6) is 11.5 Å². The number of aliphatic hydroxyl groups excluding tert-OH is 1. The van der Waals surface area contributed by atoms with Gasteiger partial charge in [-0.3, -0.25) is 4.79 Å². The lowest BCUT2D eigenvalue weighted by molar-refractivity contribution is -0.133. The van der Waals surface area contributed by atoms with E-state index >= 15 is 0 Å². The Morgan fingerprint density at radius 3 is 2.67 bits per heavy atom. The Kier molecular flexibility index (Phi) is 3.62. The highest BCUT2D eigenvalue weighted by molar-refractivity contribution is 5.89. The van der Waals surface area contributed by atoms with Crippen molar-refractivity contribution >= 4 is 5.97 Å². The molecular weight excluding hydrogens is 268 g/mol. The van der Waals surface area contributed by atoms with Gasteiger partial charge in [0.25, 0.3) is 0 Å². The van der Waals surface area contributed by atoms with E-state index in [-0.39, 0.29) is 25.1 Å². The van der Waals surface area contributed by atoms with Gasteiger partial charge < -0.3 is 14.6 Å². The SMILES string of the molecule is Cc1ccc2c(c1)C(c1ccc(OCCO)cc1)C(=O)O2. The first-order chi connectivity index (χ1) is 10.2. The number of benzene rings is 2.